The van der Waals surface area contributed by atoms with Crippen molar-refractivity contribution < 1.29 is 9.53 Å². The molecule has 1 fully saturated rings. The van der Waals surface area contributed by atoms with Gasteiger partial charge in [-0.25, -0.2) is 0 Å². The van der Waals surface area contributed by atoms with Crippen molar-refractivity contribution in [2.24, 2.45) is 0 Å². The molecule has 1 aliphatic heterocycles. The molecule has 3 heterocycles. The van der Waals surface area contributed by atoms with Crippen LogP contribution in [0.15, 0.2) is 24.8 Å². The van der Waals surface area contributed by atoms with Crippen LogP contribution in [-0.4, -0.2) is 56.4 Å². The Morgan fingerprint density at radius 2 is 2.21 bits per heavy atom. The van der Waals surface area contributed by atoms with Crippen LogP contribution in [-0.2, 0) is 17.7 Å². The number of aromatic nitrogens is 4. The molecule has 24 heavy (non-hydrogen) atoms. The molecule has 1 atom stereocenters. The van der Waals surface area contributed by atoms with Crippen molar-refractivity contribution in [2.45, 2.75) is 39.3 Å². The van der Waals surface area contributed by atoms with Gasteiger partial charge < -0.3 is 9.64 Å². The molecule has 7 nitrogen and oxygen atoms in total. The summed E-state index contributed by atoms with van der Waals surface area (Å²) in [5, 5.41) is 4.20. The maximum atomic E-state index is 12.8. The zero-order chi connectivity index (χ0) is 16.9. The summed E-state index contributed by atoms with van der Waals surface area (Å²) in [6, 6.07) is 0.0534. The third-order valence-corrected chi connectivity index (χ3v) is 4.39. The lowest BCUT2D eigenvalue weighted by atomic mass is 10.1. The van der Waals surface area contributed by atoms with Crippen LogP contribution in [0.2, 0.25) is 0 Å². The highest BCUT2D eigenvalue weighted by Crippen LogP contribution is 2.17. The van der Waals surface area contributed by atoms with Crippen molar-refractivity contribution >= 4 is 5.91 Å². The van der Waals surface area contributed by atoms with E-state index in [-0.39, 0.29) is 11.9 Å². The third-order valence-electron chi connectivity index (χ3n) is 4.39. The lowest BCUT2D eigenvalue weighted by Crippen LogP contribution is -2.48. The van der Waals surface area contributed by atoms with Crippen LogP contribution in [0.1, 0.15) is 35.1 Å². The number of carbonyl (C=O) groups is 1. The molecule has 1 aliphatic rings. The normalized spacial score (nSPS) is 17.9. The molecular weight excluding hydrogens is 306 g/mol. The summed E-state index contributed by atoms with van der Waals surface area (Å²) >= 11 is 0. The number of ether oxygens (including phenoxy) is 1. The van der Waals surface area contributed by atoms with Gasteiger partial charge in [0.15, 0.2) is 0 Å². The second kappa shape index (κ2) is 7.53. The Morgan fingerprint density at radius 1 is 1.38 bits per heavy atom. The van der Waals surface area contributed by atoms with E-state index in [9.17, 15) is 4.79 Å². The number of rotatable bonds is 5. The van der Waals surface area contributed by atoms with Crippen molar-refractivity contribution in [1.29, 1.82) is 0 Å². The minimum absolute atomic E-state index is 0.0267. The Hall–Kier alpha value is -2.28. The maximum Gasteiger partial charge on any atom is 0.257 e. The second-order valence-corrected chi connectivity index (χ2v) is 5.94. The van der Waals surface area contributed by atoms with E-state index < -0.39 is 0 Å². The number of nitrogens with zero attached hydrogens (tertiary/aromatic N) is 5. The zero-order valence-corrected chi connectivity index (χ0v) is 14.2. The number of hydrogen-bond acceptors (Lipinski definition) is 5. The molecule has 128 valence electrons. The maximum absolute atomic E-state index is 12.8. The molecule has 0 radical (unpaired) electrons. The molecule has 7 heteroatoms. The van der Waals surface area contributed by atoms with Crippen LogP contribution in [0.4, 0.5) is 0 Å². The number of hydrogen-bond donors (Lipinski definition) is 0. The fourth-order valence-corrected chi connectivity index (χ4v) is 2.96. The molecule has 3 rings (SSSR count). The van der Waals surface area contributed by atoms with Gasteiger partial charge in [-0.2, -0.15) is 5.10 Å². The first-order valence-electron chi connectivity index (χ1n) is 8.36. The van der Waals surface area contributed by atoms with Gasteiger partial charge in [0, 0.05) is 31.7 Å². The minimum atomic E-state index is 0.0267. The second-order valence-electron chi connectivity index (χ2n) is 5.94. The van der Waals surface area contributed by atoms with Crippen molar-refractivity contribution in [1.82, 2.24) is 24.6 Å². The van der Waals surface area contributed by atoms with Crippen LogP contribution in [0.5, 0.6) is 0 Å². The predicted octanol–water partition coefficient (Wildman–Crippen LogP) is 1.48. The van der Waals surface area contributed by atoms with Crippen LogP contribution < -0.4 is 0 Å². The Balaban J connectivity index is 1.69. The van der Waals surface area contributed by atoms with Gasteiger partial charge in [-0.05, 0) is 26.7 Å². The van der Waals surface area contributed by atoms with Gasteiger partial charge in [0.05, 0.1) is 42.4 Å². The van der Waals surface area contributed by atoms with Gasteiger partial charge in [-0.1, -0.05) is 0 Å². The molecule has 0 unspecified atom stereocenters. The average Bonchev–Trinajstić information content (AvgIpc) is 3.10. The molecule has 0 aliphatic carbocycles. The van der Waals surface area contributed by atoms with Gasteiger partial charge in [0.25, 0.3) is 5.91 Å². The molecule has 0 aromatic carbocycles. The molecule has 1 saturated heterocycles. The van der Waals surface area contributed by atoms with Gasteiger partial charge >= 0.3 is 0 Å². The Bertz CT molecular complexity index is 700. The SMILES string of the molecule is CCn1cc(C(=O)N2CCOC[C@@H]2CCc2nccnc2C)cn1. The third kappa shape index (κ3) is 3.62. The van der Waals surface area contributed by atoms with Crippen LogP contribution >= 0.6 is 0 Å². The number of amides is 1. The fraction of sp³-hybridized carbons (Fsp3) is 0.529. The summed E-state index contributed by atoms with van der Waals surface area (Å²) in [4.78, 5) is 23.4. The lowest BCUT2D eigenvalue weighted by molar-refractivity contribution is -0.00414. The van der Waals surface area contributed by atoms with Crippen molar-refractivity contribution in [3.8, 4) is 0 Å². The first kappa shape index (κ1) is 16.6. The standard InChI is InChI=1S/C17H23N5O2/c1-3-21-11-14(10-20-21)17(23)22-8-9-24-12-15(22)4-5-16-13(2)18-6-7-19-16/h6-7,10-11,15H,3-5,8-9,12H2,1-2H3/t15-/m0/s1. The van der Waals surface area contributed by atoms with Crippen molar-refractivity contribution in [2.75, 3.05) is 19.8 Å². The summed E-state index contributed by atoms with van der Waals surface area (Å²) in [6.45, 7) is 6.47. The van der Waals surface area contributed by atoms with E-state index in [0.717, 1.165) is 30.8 Å². The topological polar surface area (TPSA) is 73.1 Å². The molecule has 2 aromatic rings. The average molecular weight is 329 g/mol. The number of carbonyl (C=O) groups excluding carboxylic acids is 1. The molecule has 0 saturated carbocycles. The van der Waals surface area contributed by atoms with E-state index in [4.69, 9.17) is 4.74 Å². The Labute approximate surface area is 141 Å². The van der Waals surface area contributed by atoms with Crippen molar-refractivity contribution in [3.05, 3.63) is 41.7 Å². The van der Waals surface area contributed by atoms with E-state index in [2.05, 4.69) is 15.1 Å². The van der Waals surface area contributed by atoms with Crippen LogP contribution in [0, 0.1) is 6.92 Å². The summed E-state index contributed by atoms with van der Waals surface area (Å²) < 4.78 is 7.36. The highest BCUT2D eigenvalue weighted by molar-refractivity contribution is 5.94. The van der Waals surface area contributed by atoms with Crippen LogP contribution in [0.25, 0.3) is 0 Å². The number of aryl methyl sites for hydroxylation is 3. The van der Waals surface area contributed by atoms with Crippen molar-refractivity contribution in [3.63, 3.8) is 0 Å². The lowest BCUT2D eigenvalue weighted by Gasteiger charge is -2.35. The molecule has 1 amide bonds. The van der Waals surface area contributed by atoms with E-state index in [1.165, 1.54) is 0 Å². The predicted molar refractivity (Wildman–Crippen MR) is 88.6 cm³/mol. The summed E-state index contributed by atoms with van der Waals surface area (Å²) in [5.74, 6) is 0.0267. The molecule has 0 N–H and O–H groups in total. The fourth-order valence-electron chi connectivity index (χ4n) is 2.96. The summed E-state index contributed by atoms with van der Waals surface area (Å²) in [5.41, 5.74) is 2.56. The van der Waals surface area contributed by atoms with E-state index in [1.807, 2.05) is 24.9 Å². The smallest absolute Gasteiger partial charge is 0.257 e. The minimum Gasteiger partial charge on any atom is -0.377 e. The summed E-state index contributed by atoms with van der Waals surface area (Å²) in [6.07, 6.45) is 8.46. The van der Waals surface area contributed by atoms with Crippen LogP contribution in [0.3, 0.4) is 0 Å². The van der Waals surface area contributed by atoms with Gasteiger partial charge in [0.2, 0.25) is 0 Å². The molecule has 0 spiro atoms. The monoisotopic (exact) mass is 329 g/mol. The first-order chi connectivity index (χ1) is 11.7. The van der Waals surface area contributed by atoms with E-state index in [1.54, 1.807) is 23.3 Å². The highest BCUT2D eigenvalue weighted by atomic mass is 16.5. The molecule has 2 aromatic heterocycles. The van der Waals surface area contributed by atoms with E-state index in [0.29, 0.717) is 25.3 Å². The van der Waals surface area contributed by atoms with Gasteiger partial charge in [-0.3, -0.25) is 19.4 Å². The van der Waals surface area contributed by atoms with Gasteiger partial charge in [0.1, 0.15) is 0 Å². The Kier molecular flexibility index (Phi) is 5.20. The Morgan fingerprint density at radius 3 is 2.96 bits per heavy atom. The highest BCUT2D eigenvalue weighted by Gasteiger charge is 2.28. The quantitative estimate of drug-likeness (QED) is 0.831. The largest absolute Gasteiger partial charge is 0.377 e. The van der Waals surface area contributed by atoms with E-state index >= 15 is 0 Å². The molecule has 0 bridgehead atoms. The first-order valence-corrected chi connectivity index (χ1v) is 8.36. The summed E-state index contributed by atoms with van der Waals surface area (Å²) in [7, 11) is 0. The van der Waals surface area contributed by atoms with Gasteiger partial charge in [-0.15, -0.1) is 0 Å². The molecular formula is C17H23N5O2. The zero-order valence-electron chi connectivity index (χ0n) is 14.2. The number of morpholine rings is 1.